The van der Waals surface area contributed by atoms with E-state index in [2.05, 4.69) is 30.6 Å². The van der Waals surface area contributed by atoms with E-state index in [1.165, 1.54) is 58.4 Å². The normalized spacial score (nSPS) is 19.8. The molecule has 17 heavy (non-hydrogen) atoms. The van der Waals surface area contributed by atoms with Crippen molar-refractivity contribution in [3.05, 3.63) is 0 Å². The SMILES string of the molecule is CC(C)(C)N1CCN(CCCCCCN)CC1. The van der Waals surface area contributed by atoms with Gasteiger partial charge in [0.05, 0.1) is 0 Å². The fourth-order valence-electron chi connectivity index (χ4n) is 2.48. The lowest BCUT2D eigenvalue weighted by atomic mass is 10.0. The molecule has 0 aromatic rings. The Balaban J connectivity index is 2.07. The lowest BCUT2D eigenvalue weighted by Gasteiger charge is -2.42. The van der Waals surface area contributed by atoms with Gasteiger partial charge in [-0.05, 0) is 46.7 Å². The third-order valence-corrected chi connectivity index (χ3v) is 3.75. The number of hydrogen-bond donors (Lipinski definition) is 1. The number of piperazine rings is 1. The number of nitrogens with zero attached hydrogens (tertiary/aromatic N) is 2. The second-order valence-corrected chi connectivity index (χ2v) is 6.20. The largest absolute Gasteiger partial charge is 0.330 e. The molecule has 3 nitrogen and oxygen atoms in total. The molecule has 1 aliphatic heterocycles. The Bertz CT molecular complexity index is 190. The van der Waals surface area contributed by atoms with Crippen molar-refractivity contribution >= 4 is 0 Å². The highest BCUT2D eigenvalue weighted by Crippen LogP contribution is 2.16. The number of nitrogens with two attached hydrogens (primary N) is 1. The van der Waals surface area contributed by atoms with Gasteiger partial charge in [-0.25, -0.2) is 0 Å². The molecule has 0 amide bonds. The average molecular weight is 241 g/mol. The molecule has 0 bridgehead atoms. The van der Waals surface area contributed by atoms with Gasteiger partial charge in [-0.15, -0.1) is 0 Å². The third-order valence-electron chi connectivity index (χ3n) is 3.75. The van der Waals surface area contributed by atoms with Gasteiger partial charge in [0, 0.05) is 31.7 Å². The van der Waals surface area contributed by atoms with Crippen LogP contribution in [0, 0.1) is 0 Å². The fraction of sp³-hybridized carbons (Fsp3) is 1.00. The second-order valence-electron chi connectivity index (χ2n) is 6.20. The van der Waals surface area contributed by atoms with Crippen molar-refractivity contribution in [1.29, 1.82) is 0 Å². The molecule has 0 aromatic carbocycles. The Kier molecular flexibility index (Phi) is 6.45. The minimum atomic E-state index is 0.340. The monoisotopic (exact) mass is 241 g/mol. The van der Waals surface area contributed by atoms with Gasteiger partial charge in [0.15, 0.2) is 0 Å². The first kappa shape index (κ1) is 14.9. The minimum absolute atomic E-state index is 0.340. The van der Waals surface area contributed by atoms with Crippen LogP contribution < -0.4 is 5.73 Å². The van der Waals surface area contributed by atoms with Gasteiger partial charge in [0.25, 0.3) is 0 Å². The molecule has 1 saturated heterocycles. The lowest BCUT2D eigenvalue weighted by molar-refractivity contribution is 0.0616. The van der Waals surface area contributed by atoms with Crippen molar-refractivity contribution in [1.82, 2.24) is 9.80 Å². The maximum atomic E-state index is 5.49. The van der Waals surface area contributed by atoms with Crippen LogP contribution in [0.5, 0.6) is 0 Å². The molecule has 0 radical (unpaired) electrons. The molecule has 102 valence electrons. The summed E-state index contributed by atoms with van der Waals surface area (Å²) >= 11 is 0. The van der Waals surface area contributed by atoms with Crippen LogP contribution in [0.3, 0.4) is 0 Å². The van der Waals surface area contributed by atoms with Crippen LogP contribution in [0.2, 0.25) is 0 Å². The summed E-state index contributed by atoms with van der Waals surface area (Å²) in [6.07, 6.45) is 5.18. The first-order valence-corrected chi connectivity index (χ1v) is 7.21. The van der Waals surface area contributed by atoms with Crippen molar-refractivity contribution in [2.24, 2.45) is 5.73 Å². The van der Waals surface area contributed by atoms with Crippen molar-refractivity contribution in [2.75, 3.05) is 39.3 Å². The first-order chi connectivity index (χ1) is 8.04. The van der Waals surface area contributed by atoms with Crippen LogP contribution >= 0.6 is 0 Å². The molecule has 0 unspecified atom stereocenters. The van der Waals surface area contributed by atoms with Crippen molar-refractivity contribution < 1.29 is 0 Å². The van der Waals surface area contributed by atoms with Crippen LogP contribution in [0.4, 0.5) is 0 Å². The molecule has 0 aromatic heterocycles. The van der Waals surface area contributed by atoms with Crippen molar-refractivity contribution in [2.45, 2.75) is 52.0 Å². The summed E-state index contributed by atoms with van der Waals surface area (Å²) in [5.74, 6) is 0. The number of unbranched alkanes of at least 4 members (excludes halogenated alkanes) is 3. The standard InChI is InChI=1S/C14H31N3/c1-14(2,3)17-12-10-16(11-13-17)9-7-5-4-6-8-15/h4-13,15H2,1-3H3. The summed E-state index contributed by atoms with van der Waals surface area (Å²) < 4.78 is 0. The predicted molar refractivity (Wildman–Crippen MR) is 75.3 cm³/mol. The van der Waals surface area contributed by atoms with E-state index in [0.717, 1.165) is 6.54 Å². The van der Waals surface area contributed by atoms with Gasteiger partial charge in [0.1, 0.15) is 0 Å². The molecule has 0 atom stereocenters. The van der Waals surface area contributed by atoms with Crippen LogP contribution in [0.1, 0.15) is 46.5 Å². The average Bonchev–Trinajstić information content (AvgIpc) is 2.28. The predicted octanol–water partition coefficient (Wildman–Crippen LogP) is 1.92. The quantitative estimate of drug-likeness (QED) is 0.721. The Labute approximate surface area is 107 Å². The Morgan fingerprint density at radius 1 is 0.882 bits per heavy atom. The van der Waals surface area contributed by atoms with Gasteiger partial charge in [0.2, 0.25) is 0 Å². The summed E-state index contributed by atoms with van der Waals surface area (Å²) in [4.78, 5) is 5.21. The Morgan fingerprint density at radius 3 is 2.00 bits per heavy atom. The summed E-state index contributed by atoms with van der Waals surface area (Å²) in [6.45, 7) is 14.0. The topological polar surface area (TPSA) is 32.5 Å². The van der Waals surface area contributed by atoms with E-state index < -0.39 is 0 Å². The van der Waals surface area contributed by atoms with Crippen LogP contribution in [-0.4, -0.2) is 54.6 Å². The highest BCUT2D eigenvalue weighted by molar-refractivity contribution is 4.81. The summed E-state index contributed by atoms with van der Waals surface area (Å²) in [7, 11) is 0. The molecule has 0 saturated carbocycles. The molecular weight excluding hydrogens is 210 g/mol. The minimum Gasteiger partial charge on any atom is -0.330 e. The van der Waals surface area contributed by atoms with Gasteiger partial charge in [-0.1, -0.05) is 12.8 Å². The zero-order valence-corrected chi connectivity index (χ0v) is 12.0. The molecule has 1 heterocycles. The highest BCUT2D eigenvalue weighted by Gasteiger charge is 2.25. The molecule has 3 heteroatoms. The van der Waals surface area contributed by atoms with Crippen LogP contribution in [0.25, 0.3) is 0 Å². The zero-order chi connectivity index (χ0) is 12.7. The summed E-state index contributed by atoms with van der Waals surface area (Å²) in [5, 5.41) is 0. The zero-order valence-electron chi connectivity index (χ0n) is 12.0. The second kappa shape index (κ2) is 7.34. The molecule has 0 aliphatic carbocycles. The van der Waals surface area contributed by atoms with E-state index in [9.17, 15) is 0 Å². The van der Waals surface area contributed by atoms with Crippen LogP contribution in [-0.2, 0) is 0 Å². The van der Waals surface area contributed by atoms with Gasteiger partial charge >= 0.3 is 0 Å². The van der Waals surface area contributed by atoms with E-state index in [-0.39, 0.29) is 0 Å². The van der Waals surface area contributed by atoms with E-state index in [1.807, 2.05) is 0 Å². The molecule has 1 rings (SSSR count). The highest BCUT2D eigenvalue weighted by atomic mass is 15.3. The number of rotatable bonds is 6. The van der Waals surface area contributed by atoms with Crippen LogP contribution in [0.15, 0.2) is 0 Å². The number of hydrogen-bond acceptors (Lipinski definition) is 3. The lowest BCUT2D eigenvalue weighted by Crippen LogP contribution is -2.53. The third kappa shape index (κ3) is 5.84. The van der Waals surface area contributed by atoms with E-state index in [4.69, 9.17) is 5.73 Å². The molecule has 2 N–H and O–H groups in total. The molecule has 1 aliphatic rings. The Morgan fingerprint density at radius 2 is 1.47 bits per heavy atom. The smallest absolute Gasteiger partial charge is 0.0126 e. The maximum absolute atomic E-state index is 5.49. The van der Waals surface area contributed by atoms with E-state index in [1.54, 1.807) is 0 Å². The Hall–Kier alpha value is -0.120. The van der Waals surface area contributed by atoms with Crippen molar-refractivity contribution in [3.8, 4) is 0 Å². The van der Waals surface area contributed by atoms with Gasteiger partial charge in [-0.3, -0.25) is 4.90 Å². The summed E-state index contributed by atoms with van der Waals surface area (Å²) in [6, 6.07) is 0. The maximum Gasteiger partial charge on any atom is 0.0126 e. The summed E-state index contributed by atoms with van der Waals surface area (Å²) in [5.41, 5.74) is 5.83. The van der Waals surface area contributed by atoms with Gasteiger partial charge in [-0.2, -0.15) is 0 Å². The van der Waals surface area contributed by atoms with E-state index in [0.29, 0.717) is 5.54 Å². The molecule has 0 spiro atoms. The first-order valence-electron chi connectivity index (χ1n) is 7.21. The van der Waals surface area contributed by atoms with Gasteiger partial charge < -0.3 is 10.6 Å². The van der Waals surface area contributed by atoms with Crippen molar-refractivity contribution in [3.63, 3.8) is 0 Å². The fourth-order valence-corrected chi connectivity index (χ4v) is 2.48. The molecular formula is C14H31N3. The molecule has 1 fully saturated rings. The van der Waals surface area contributed by atoms with E-state index >= 15 is 0 Å².